The van der Waals surface area contributed by atoms with Crippen LogP contribution in [0.5, 0.6) is 0 Å². The number of hydrogen-bond acceptors (Lipinski definition) is 3. The monoisotopic (exact) mass is 241 g/mol. The molecule has 1 aromatic carbocycles. The van der Waals surface area contributed by atoms with Gasteiger partial charge in [0.25, 0.3) is 0 Å². The van der Waals surface area contributed by atoms with Crippen molar-refractivity contribution in [3.8, 4) is 0 Å². The SMILES string of the molecule is CN(CCOC(=O)CCl)Cc1ccccc1. The molecule has 3 nitrogen and oxygen atoms in total. The highest BCUT2D eigenvalue weighted by molar-refractivity contribution is 6.26. The summed E-state index contributed by atoms with van der Waals surface area (Å²) in [5.74, 6) is -0.447. The molecule has 16 heavy (non-hydrogen) atoms. The van der Waals surface area contributed by atoms with E-state index in [1.165, 1.54) is 5.56 Å². The van der Waals surface area contributed by atoms with Crippen LogP contribution in [-0.2, 0) is 16.1 Å². The lowest BCUT2D eigenvalue weighted by molar-refractivity contribution is -0.140. The maximum absolute atomic E-state index is 10.8. The predicted molar refractivity (Wildman–Crippen MR) is 64.5 cm³/mol. The smallest absolute Gasteiger partial charge is 0.320 e. The van der Waals surface area contributed by atoms with Crippen molar-refractivity contribution in [2.24, 2.45) is 0 Å². The van der Waals surface area contributed by atoms with Gasteiger partial charge in [0.15, 0.2) is 0 Å². The number of rotatable bonds is 6. The highest BCUT2D eigenvalue weighted by atomic mass is 35.5. The molecule has 0 aliphatic rings. The summed E-state index contributed by atoms with van der Waals surface area (Å²) in [5, 5.41) is 0. The van der Waals surface area contributed by atoms with Crippen LogP contribution in [0, 0.1) is 0 Å². The lowest BCUT2D eigenvalue weighted by Gasteiger charge is -2.16. The summed E-state index contributed by atoms with van der Waals surface area (Å²) < 4.78 is 4.89. The second-order valence-corrected chi connectivity index (χ2v) is 3.84. The minimum Gasteiger partial charge on any atom is -0.463 e. The van der Waals surface area contributed by atoms with Crippen molar-refractivity contribution in [3.63, 3.8) is 0 Å². The van der Waals surface area contributed by atoms with E-state index in [0.29, 0.717) is 13.2 Å². The highest BCUT2D eigenvalue weighted by Gasteiger charge is 2.02. The number of hydrogen-bond donors (Lipinski definition) is 0. The molecule has 0 radical (unpaired) electrons. The van der Waals surface area contributed by atoms with E-state index in [2.05, 4.69) is 17.0 Å². The molecular weight excluding hydrogens is 226 g/mol. The number of nitrogens with zero attached hydrogens (tertiary/aromatic N) is 1. The van der Waals surface area contributed by atoms with Gasteiger partial charge >= 0.3 is 5.97 Å². The van der Waals surface area contributed by atoms with Crippen molar-refractivity contribution >= 4 is 17.6 Å². The molecule has 0 fully saturated rings. The molecule has 4 heteroatoms. The molecule has 0 saturated carbocycles. The van der Waals surface area contributed by atoms with Gasteiger partial charge in [0.1, 0.15) is 12.5 Å². The first-order valence-electron chi connectivity index (χ1n) is 5.16. The van der Waals surface area contributed by atoms with Gasteiger partial charge in [-0.3, -0.25) is 9.69 Å². The van der Waals surface area contributed by atoms with Crippen LogP contribution in [0.1, 0.15) is 5.56 Å². The minimum absolute atomic E-state index is 0.0810. The summed E-state index contributed by atoms with van der Waals surface area (Å²) >= 11 is 5.31. The molecular formula is C12H16ClNO2. The van der Waals surface area contributed by atoms with E-state index in [0.717, 1.165) is 6.54 Å². The fourth-order valence-corrected chi connectivity index (χ4v) is 1.41. The van der Waals surface area contributed by atoms with Crippen LogP contribution < -0.4 is 0 Å². The summed E-state index contributed by atoms with van der Waals surface area (Å²) in [6, 6.07) is 10.2. The van der Waals surface area contributed by atoms with Gasteiger partial charge in [-0.05, 0) is 12.6 Å². The Morgan fingerprint density at radius 1 is 1.38 bits per heavy atom. The molecule has 0 saturated heterocycles. The second-order valence-electron chi connectivity index (χ2n) is 3.58. The van der Waals surface area contributed by atoms with Crippen LogP contribution in [0.4, 0.5) is 0 Å². The Labute approximate surface area is 101 Å². The summed E-state index contributed by atoms with van der Waals surface area (Å²) in [4.78, 5) is 12.9. The minimum atomic E-state index is -0.366. The van der Waals surface area contributed by atoms with Gasteiger partial charge in [-0.25, -0.2) is 0 Å². The van der Waals surface area contributed by atoms with E-state index >= 15 is 0 Å². The molecule has 0 spiro atoms. The lowest BCUT2D eigenvalue weighted by atomic mass is 10.2. The zero-order valence-electron chi connectivity index (χ0n) is 9.36. The van der Waals surface area contributed by atoms with Crippen molar-refractivity contribution in [2.45, 2.75) is 6.54 Å². The topological polar surface area (TPSA) is 29.5 Å². The zero-order chi connectivity index (χ0) is 11.8. The molecule has 1 rings (SSSR count). The Morgan fingerprint density at radius 3 is 2.69 bits per heavy atom. The maximum atomic E-state index is 10.8. The van der Waals surface area contributed by atoms with Gasteiger partial charge in [0, 0.05) is 13.1 Å². The fraction of sp³-hybridized carbons (Fsp3) is 0.417. The molecule has 88 valence electrons. The van der Waals surface area contributed by atoms with Crippen molar-refractivity contribution in [1.82, 2.24) is 4.90 Å². The van der Waals surface area contributed by atoms with E-state index in [9.17, 15) is 4.79 Å². The third-order valence-electron chi connectivity index (χ3n) is 2.14. The van der Waals surface area contributed by atoms with Crippen LogP contribution in [0.3, 0.4) is 0 Å². The number of halogens is 1. The van der Waals surface area contributed by atoms with Crippen LogP contribution in [0.25, 0.3) is 0 Å². The van der Waals surface area contributed by atoms with Crippen molar-refractivity contribution in [3.05, 3.63) is 35.9 Å². The predicted octanol–water partition coefficient (Wildman–Crippen LogP) is 1.90. The average Bonchev–Trinajstić information content (AvgIpc) is 2.30. The third kappa shape index (κ3) is 5.14. The Morgan fingerprint density at radius 2 is 2.06 bits per heavy atom. The Hall–Kier alpha value is -1.06. The summed E-state index contributed by atoms with van der Waals surface area (Å²) in [5.41, 5.74) is 1.24. The number of benzene rings is 1. The Kier molecular flexibility index (Phi) is 5.90. The third-order valence-corrected chi connectivity index (χ3v) is 2.36. The van der Waals surface area contributed by atoms with E-state index in [1.807, 2.05) is 25.2 Å². The Bertz CT molecular complexity index is 316. The van der Waals surface area contributed by atoms with E-state index in [1.54, 1.807) is 0 Å². The van der Waals surface area contributed by atoms with Crippen LogP contribution >= 0.6 is 11.6 Å². The molecule has 0 aliphatic heterocycles. The van der Waals surface area contributed by atoms with Crippen LogP contribution in [0.2, 0.25) is 0 Å². The van der Waals surface area contributed by atoms with E-state index in [4.69, 9.17) is 16.3 Å². The Balaban J connectivity index is 2.21. The number of carbonyl (C=O) groups excluding carboxylic acids is 1. The van der Waals surface area contributed by atoms with Crippen molar-refractivity contribution < 1.29 is 9.53 Å². The first-order chi connectivity index (χ1) is 7.72. The van der Waals surface area contributed by atoms with Gasteiger partial charge < -0.3 is 4.74 Å². The van der Waals surface area contributed by atoms with Gasteiger partial charge in [0.05, 0.1) is 0 Å². The molecule has 0 N–H and O–H groups in total. The molecule has 0 atom stereocenters. The van der Waals surface area contributed by atoms with Crippen molar-refractivity contribution in [1.29, 1.82) is 0 Å². The molecule has 1 aromatic rings. The van der Waals surface area contributed by atoms with E-state index in [-0.39, 0.29) is 11.8 Å². The highest BCUT2D eigenvalue weighted by Crippen LogP contribution is 2.01. The molecule has 0 aliphatic carbocycles. The number of ether oxygens (including phenoxy) is 1. The normalized spacial score (nSPS) is 10.4. The molecule has 0 heterocycles. The maximum Gasteiger partial charge on any atom is 0.320 e. The van der Waals surface area contributed by atoms with Crippen molar-refractivity contribution in [2.75, 3.05) is 26.1 Å². The summed E-state index contributed by atoms with van der Waals surface area (Å²) in [7, 11) is 1.99. The van der Waals surface area contributed by atoms with Gasteiger partial charge in [0.2, 0.25) is 0 Å². The summed E-state index contributed by atoms with van der Waals surface area (Å²) in [6.45, 7) is 1.94. The summed E-state index contributed by atoms with van der Waals surface area (Å²) in [6.07, 6.45) is 0. The zero-order valence-corrected chi connectivity index (χ0v) is 10.1. The van der Waals surface area contributed by atoms with Crippen LogP contribution in [0.15, 0.2) is 30.3 Å². The van der Waals surface area contributed by atoms with Gasteiger partial charge in [-0.15, -0.1) is 11.6 Å². The average molecular weight is 242 g/mol. The molecule has 0 bridgehead atoms. The number of likely N-dealkylation sites (N-methyl/N-ethyl adjacent to an activating group) is 1. The largest absolute Gasteiger partial charge is 0.463 e. The van der Waals surface area contributed by atoms with Gasteiger partial charge in [-0.2, -0.15) is 0 Å². The molecule has 0 aromatic heterocycles. The quantitative estimate of drug-likeness (QED) is 0.563. The first kappa shape index (κ1) is 13.0. The number of alkyl halides is 1. The van der Waals surface area contributed by atoms with E-state index < -0.39 is 0 Å². The fourth-order valence-electron chi connectivity index (χ4n) is 1.33. The number of carbonyl (C=O) groups is 1. The molecule has 0 amide bonds. The lowest BCUT2D eigenvalue weighted by Crippen LogP contribution is -2.24. The molecule has 0 unspecified atom stereocenters. The standard InChI is InChI=1S/C12H16ClNO2/c1-14(7-8-16-12(15)9-13)10-11-5-3-2-4-6-11/h2-6H,7-10H2,1H3. The first-order valence-corrected chi connectivity index (χ1v) is 5.70. The second kappa shape index (κ2) is 7.25. The van der Waals surface area contributed by atoms with Gasteiger partial charge in [-0.1, -0.05) is 30.3 Å². The van der Waals surface area contributed by atoms with Crippen LogP contribution in [-0.4, -0.2) is 36.9 Å². The number of esters is 1.